The van der Waals surface area contributed by atoms with Gasteiger partial charge in [0.25, 0.3) is 0 Å². The fourth-order valence-electron chi connectivity index (χ4n) is 2.34. The van der Waals surface area contributed by atoms with Gasteiger partial charge in [-0.3, -0.25) is 0 Å². The Labute approximate surface area is 144 Å². The molecule has 0 spiro atoms. The van der Waals surface area contributed by atoms with E-state index in [-0.39, 0.29) is 19.0 Å². The van der Waals surface area contributed by atoms with E-state index in [1.54, 1.807) is 12.1 Å². The molecule has 1 aliphatic heterocycles. The summed E-state index contributed by atoms with van der Waals surface area (Å²) in [7, 11) is 1.50. The molecule has 0 bridgehead atoms. The zero-order valence-corrected chi connectivity index (χ0v) is 13.5. The van der Waals surface area contributed by atoms with Crippen LogP contribution >= 0.6 is 0 Å². The summed E-state index contributed by atoms with van der Waals surface area (Å²) < 4.78 is 21.1. The number of carbonyl (C=O) groups is 1. The first-order valence-corrected chi connectivity index (χ1v) is 7.51. The van der Waals surface area contributed by atoms with Crippen LogP contribution in [-0.4, -0.2) is 19.9 Å². The summed E-state index contributed by atoms with van der Waals surface area (Å²) in [6, 6.07) is 14.5. The van der Waals surface area contributed by atoms with Crippen molar-refractivity contribution in [1.82, 2.24) is 0 Å². The second-order valence-electron chi connectivity index (χ2n) is 5.19. The molecule has 0 aromatic heterocycles. The highest BCUT2D eigenvalue weighted by molar-refractivity contribution is 5.98. The minimum atomic E-state index is -0.692. The van der Waals surface area contributed by atoms with E-state index in [9.17, 15) is 10.1 Å². The van der Waals surface area contributed by atoms with Crippen LogP contribution in [0.4, 0.5) is 0 Å². The van der Waals surface area contributed by atoms with Crippen molar-refractivity contribution in [2.24, 2.45) is 0 Å². The maximum atomic E-state index is 12.1. The molecule has 0 N–H and O–H groups in total. The highest BCUT2D eigenvalue weighted by atomic mass is 16.7. The number of fused-ring (bicyclic) bond motifs is 1. The molecule has 0 fully saturated rings. The molecule has 6 nitrogen and oxygen atoms in total. The molecular formula is C19H15NO5. The predicted octanol–water partition coefficient (Wildman–Crippen LogP) is 3.07. The van der Waals surface area contributed by atoms with Gasteiger partial charge >= 0.3 is 5.97 Å². The zero-order valence-electron chi connectivity index (χ0n) is 13.5. The third kappa shape index (κ3) is 3.72. The first kappa shape index (κ1) is 16.4. The molecule has 1 heterocycles. The molecule has 0 saturated carbocycles. The molecule has 0 radical (unpaired) electrons. The number of rotatable bonds is 5. The van der Waals surface area contributed by atoms with Gasteiger partial charge in [0, 0.05) is 0 Å². The van der Waals surface area contributed by atoms with E-state index >= 15 is 0 Å². The Morgan fingerprint density at radius 1 is 1.28 bits per heavy atom. The van der Waals surface area contributed by atoms with Crippen LogP contribution < -0.4 is 14.2 Å². The minimum Gasteiger partial charge on any atom is -0.493 e. The molecule has 0 atom stereocenters. The van der Waals surface area contributed by atoms with E-state index in [4.69, 9.17) is 18.9 Å². The summed E-state index contributed by atoms with van der Waals surface area (Å²) in [6.07, 6.45) is 1.43. The smallest absolute Gasteiger partial charge is 0.349 e. The first-order valence-electron chi connectivity index (χ1n) is 7.51. The van der Waals surface area contributed by atoms with E-state index in [1.165, 1.54) is 13.2 Å². The van der Waals surface area contributed by atoms with Gasteiger partial charge < -0.3 is 18.9 Å². The quantitative estimate of drug-likeness (QED) is 0.474. The molecule has 126 valence electrons. The van der Waals surface area contributed by atoms with Gasteiger partial charge in [-0.1, -0.05) is 30.3 Å². The van der Waals surface area contributed by atoms with Crippen LogP contribution in [-0.2, 0) is 16.1 Å². The topological polar surface area (TPSA) is 77.8 Å². The first-order chi connectivity index (χ1) is 12.2. The Bertz CT molecular complexity index is 852. The summed E-state index contributed by atoms with van der Waals surface area (Å²) in [5, 5.41) is 9.27. The van der Waals surface area contributed by atoms with Gasteiger partial charge in [-0.15, -0.1) is 0 Å². The molecule has 1 aliphatic rings. The predicted molar refractivity (Wildman–Crippen MR) is 88.9 cm³/mol. The average molecular weight is 337 g/mol. The molecule has 0 aliphatic carbocycles. The number of benzene rings is 2. The average Bonchev–Trinajstić information content (AvgIpc) is 3.13. The Balaban J connectivity index is 1.78. The minimum absolute atomic E-state index is 0.100. The van der Waals surface area contributed by atoms with Crippen molar-refractivity contribution in [3.05, 3.63) is 59.2 Å². The van der Waals surface area contributed by atoms with Gasteiger partial charge in [0.1, 0.15) is 18.2 Å². The van der Waals surface area contributed by atoms with Crippen molar-refractivity contribution >= 4 is 12.0 Å². The molecule has 6 heteroatoms. The van der Waals surface area contributed by atoms with Gasteiger partial charge in [0.05, 0.1) is 7.11 Å². The van der Waals surface area contributed by atoms with Crippen LogP contribution in [0, 0.1) is 11.3 Å². The highest BCUT2D eigenvalue weighted by Crippen LogP contribution is 2.42. The standard InChI is InChI=1S/C19H15NO5/c1-22-16-8-14(9-17-18(16)25-12-24-17)7-15(10-20)19(21)23-11-13-5-3-2-4-6-13/h2-9H,11-12H2,1H3/b15-7+. The van der Waals surface area contributed by atoms with Gasteiger partial charge in [-0.2, -0.15) is 5.26 Å². The SMILES string of the molecule is COc1cc(/C=C(\C#N)C(=O)OCc2ccccc2)cc2c1OCO2. The molecule has 3 rings (SSSR count). The number of hydrogen-bond acceptors (Lipinski definition) is 6. The summed E-state index contributed by atoms with van der Waals surface area (Å²) in [4.78, 5) is 12.1. The third-order valence-electron chi connectivity index (χ3n) is 3.54. The summed E-state index contributed by atoms with van der Waals surface area (Å²) in [5.74, 6) is 0.782. The number of nitrogens with zero attached hydrogens (tertiary/aromatic N) is 1. The van der Waals surface area contributed by atoms with Crippen molar-refractivity contribution in [3.63, 3.8) is 0 Å². The highest BCUT2D eigenvalue weighted by Gasteiger charge is 2.20. The van der Waals surface area contributed by atoms with Crippen molar-refractivity contribution < 1.29 is 23.7 Å². The molecule has 25 heavy (non-hydrogen) atoms. The van der Waals surface area contributed by atoms with E-state index in [2.05, 4.69) is 0 Å². The second-order valence-corrected chi connectivity index (χ2v) is 5.19. The lowest BCUT2D eigenvalue weighted by Gasteiger charge is -2.07. The van der Waals surface area contributed by atoms with Gasteiger partial charge in [-0.05, 0) is 29.3 Å². The van der Waals surface area contributed by atoms with E-state index in [1.807, 2.05) is 36.4 Å². The van der Waals surface area contributed by atoms with Gasteiger partial charge in [0.15, 0.2) is 11.5 Å². The maximum absolute atomic E-state index is 12.1. The number of hydrogen-bond donors (Lipinski definition) is 0. The van der Waals surface area contributed by atoms with Crippen LogP contribution in [0.25, 0.3) is 6.08 Å². The van der Waals surface area contributed by atoms with Crippen molar-refractivity contribution in [2.75, 3.05) is 13.9 Å². The third-order valence-corrected chi connectivity index (χ3v) is 3.54. The summed E-state index contributed by atoms with van der Waals surface area (Å²) in [5.41, 5.74) is 1.31. The Morgan fingerprint density at radius 2 is 2.08 bits per heavy atom. The van der Waals surface area contributed by atoms with Crippen molar-refractivity contribution in [1.29, 1.82) is 5.26 Å². The number of esters is 1. The number of ether oxygens (including phenoxy) is 4. The van der Waals surface area contributed by atoms with Gasteiger partial charge in [0.2, 0.25) is 12.5 Å². The summed E-state index contributed by atoms with van der Waals surface area (Å²) >= 11 is 0. The normalized spacial score (nSPS) is 12.4. The lowest BCUT2D eigenvalue weighted by atomic mass is 10.1. The number of nitriles is 1. The van der Waals surface area contributed by atoms with E-state index in [0.717, 1.165) is 5.56 Å². The summed E-state index contributed by atoms with van der Waals surface area (Å²) in [6.45, 7) is 0.201. The molecular weight excluding hydrogens is 322 g/mol. The van der Waals surface area contributed by atoms with Crippen LogP contribution in [0.15, 0.2) is 48.0 Å². The number of carbonyl (C=O) groups excluding carboxylic acids is 1. The molecule has 2 aromatic carbocycles. The fourth-order valence-corrected chi connectivity index (χ4v) is 2.34. The number of methoxy groups -OCH3 is 1. The Morgan fingerprint density at radius 3 is 2.80 bits per heavy atom. The lowest BCUT2D eigenvalue weighted by Crippen LogP contribution is -2.06. The monoisotopic (exact) mass is 337 g/mol. The van der Waals surface area contributed by atoms with Crippen LogP contribution in [0.5, 0.6) is 17.2 Å². The molecule has 0 saturated heterocycles. The van der Waals surface area contributed by atoms with E-state index in [0.29, 0.717) is 22.8 Å². The second kappa shape index (κ2) is 7.41. The molecule has 2 aromatic rings. The van der Waals surface area contributed by atoms with Crippen LogP contribution in [0.1, 0.15) is 11.1 Å². The van der Waals surface area contributed by atoms with Crippen LogP contribution in [0.3, 0.4) is 0 Å². The van der Waals surface area contributed by atoms with E-state index < -0.39 is 5.97 Å². The lowest BCUT2D eigenvalue weighted by molar-refractivity contribution is -0.139. The Hall–Kier alpha value is -3.46. The van der Waals surface area contributed by atoms with Crippen molar-refractivity contribution in [3.8, 4) is 23.3 Å². The Kier molecular flexibility index (Phi) is 4.86. The van der Waals surface area contributed by atoms with Crippen LogP contribution in [0.2, 0.25) is 0 Å². The fraction of sp³-hybridized carbons (Fsp3) is 0.158. The largest absolute Gasteiger partial charge is 0.493 e. The maximum Gasteiger partial charge on any atom is 0.349 e. The zero-order chi connectivity index (χ0) is 17.6. The van der Waals surface area contributed by atoms with Gasteiger partial charge in [-0.25, -0.2) is 4.79 Å². The molecule has 0 amide bonds. The van der Waals surface area contributed by atoms with Crippen molar-refractivity contribution in [2.45, 2.75) is 6.61 Å². The molecule has 0 unspecified atom stereocenters.